The van der Waals surface area contributed by atoms with E-state index in [0.29, 0.717) is 5.75 Å². The third-order valence-electron chi connectivity index (χ3n) is 1.96. The number of hydrogen-bond acceptors (Lipinski definition) is 2. The number of nitrogens with two attached hydrogens (primary N) is 1. The molecular formula is C10H15NO. The Labute approximate surface area is 73.0 Å². The molecule has 0 spiro atoms. The fourth-order valence-electron chi connectivity index (χ4n) is 1.34. The second-order valence-corrected chi connectivity index (χ2v) is 3.31. The Morgan fingerprint density at radius 3 is 2.42 bits per heavy atom. The van der Waals surface area contributed by atoms with E-state index in [1.807, 2.05) is 32.9 Å². The topological polar surface area (TPSA) is 46.2 Å². The van der Waals surface area contributed by atoms with E-state index in [2.05, 4.69) is 0 Å². The largest absolute Gasteiger partial charge is 0.507 e. The number of phenols is 1. The number of aromatic hydroxyl groups is 1. The molecule has 0 aliphatic carbocycles. The normalized spacial score (nSPS) is 13.0. The van der Waals surface area contributed by atoms with Gasteiger partial charge in [-0.05, 0) is 26.3 Å². The number of phenolic OH excluding ortho intramolecular Hbond substituents is 1. The molecule has 0 bridgehead atoms. The number of hydrogen-bond donors (Lipinski definition) is 2. The highest BCUT2D eigenvalue weighted by atomic mass is 16.3. The first-order valence-corrected chi connectivity index (χ1v) is 4.08. The molecule has 0 saturated heterocycles. The van der Waals surface area contributed by atoms with Crippen LogP contribution in [0.3, 0.4) is 0 Å². The summed E-state index contributed by atoms with van der Waals surface area (Å²) in [4.78, 5) is 0. The van der Waals surface area contributed by atoms with Crippen molar-refractivity contribution >= 4 is 0 Å². The Morgan fingerprint density at radius 1 is 1.33 bits per heavy atom. The van der Waals surface area contributed by atoms with Crippen molar-refractivity contribution in [3.8, 4) is 5.75 Å². The summed E-state index contributed by atoms with van der Waals surface area (Å²) in [5.41, 5.74) is 8.55. The monoisotopic (exact) mass is 165 g/mol. The lowest BCUT2D eigenvalue weighted by molar-refractivity contribution is 0.459. The minimum atomic E-state index is -0.108. The minimum absolute atomic E-state index is 0.108. The highest BCUT2D eigenvalue weighted by Crippen LogP contribution is 2.27. The minimum Gasteiger partial charge on any atom is -0.507 e. The molecule has 1 atom stereocenters. The van der Waals surface area contributed by atoms with Crippen LogP contribution < -0.4 is 5.73 Å². The lowest BCUT2D eigenvalue weighted by Gasteiger charge is -2.11. The Kier molecular flexibility index (Phi) is 2.38. The van der Waals surface area contributed by atoms with Crippen molar-refractivity contribution in [1.82, 2.24) is 0 Å². The van der Waals surface area contributed by atoms with Gasteiger partial charge in [-0.15, -0.1) is 0 Å². The number of aryl methyl sites for hydroxylation is 2. The van der Waals surface area contributed by atoms with Gasteiger partial charge in [0.05, 0.1) is 0 Å². The molecule has 2 heteroatoms. The van der Waals surface area contributed by atoms with E-state index in [9.17, 15) is 5.11 Å². The molecule has 1 aromatic rings. The maximum Gasteiger partial charge on any atom is 0.123 e. The van der Waals surface area contributed by atoms with Crippen LogP contribution in [0, 0.1) is 13.8 Å². The van der Waals surface area contributed by atoms with Gasteiger partial charge < -0.3 is 10.8 Å². The van der Waals surface area contributed by atoms with E-state index in [1.165, 1.54) is 0 Å². The third kappa shape index (κ3) is 1.59. The van der Waals surface area contributed by atoms with Crippen LogP contribution in [0.5, 0.6) is 5.75 Å². The zero-order chi connectivity index (χ0) is 9.30. The van der Waals surface area contributed by atoms with Gasteiger partial charge >= 0.3 is 0 Å². The van der Waals surface area contributed by atoms with E-state index < -0.39 is 0 Å². The van der Waals surface area contributed by atoms with Crippen LogP contribution in [0.1, 0.15) is 29.7 Å². The summed E-state index contributed by atoms with van der Waals surface area (Å²) in [6, 6.07) is 3.76. The smallest absolute Gasteiger partial charge is 0.123 e. The molecule has 3 N–H and O–H groups in total. The molecule has 0 fully saturated rings. The first-order chi connectivity index (χ1) is 5.52. The summed E-state index contributed by atoms with van der Waals surface area (Å²) in [5.74, 6) is 0.329. The average molecular weight is 165 g/mol. The van der Waals surface area contributed by atoms with Gasteiger partial charge in [0.15, 0.2) is 0 Å². The Balaban J connectivity index is 3.28. The highest BCUT2D eigenvalue weighted by molar-refractivity contribution is 5.43. The van der Waals surface area contributed by atoms with Crippen LogP contribution in [-0.2, 0) is 0 Å². The molecule has 0 aliphatic rings. The van der Waals surface area contributed by atoms with Gasteiger partial charge in [0.1, 0.15) is 5.75 Å². The standard InChI is InChI=1S/C10H15NO/c1-6-4-7(2)10(12)9(5-6)8(3)11/h4-5,8,12H,11H2,1-3H3/t8-/m1/s1. The van der Waals surface area contributed by atoms with Crippen molar-refractivity contribution in [2.45, 2.75) is 26.8 Å². The fourth-order valence-corrected chi connectivity index (χ4v) is 1.34. The summed E-state index contributed by atoms with van der Waals surface area (Å²) in [5, 5.41) is 9.61. The average Bonchev–Trinajstić information content (AvgIpc) is 1.96. The maximum atomic E-state index is 9.61. The van der Waals surface area contributed by atoms with Gasteiger partial charge in [-0.2, -0.15) is 0 Å². The highest BCUT2D eigenvalue weighted by Gasteiger charge is 2.08. The number of benzene rings is 1. The van der Waals surface area contributed by atoms with Crippen LogP contribution in [-0.4, -0.2) is 5.11 Å². The van der Waals surface area contributed by atoms with Crippen LogP contribution in [0.4, 0.5) is 0 Å². The predicted octanol–water partition coefficient (Wildman–Crippen LogP) is 2.03. The van der Waals surface area contributed by atoms with E-state index in [4.69, 9.17) is 5.73 Å². The van der Waals surface area contributed by atoms with E-state index in [0.717, 1.165) is 16.7 Å². The van der Waals surface area contributed by atoms with Crippen LogP contribution in [0.2, 0.25) is 0 Å². The molecule has 2 nitrogen and oxygen atoms in total. The molecule has 0 unspecified atom stereocenters. The summed E-state index contributed by atoms with van der Waals surface area (Å²) in [7, 11) is 0. The molecule has 1 aromatic carbocycles. The first kappa shape index (κ1) is 9.07. The number of rotatable bonds is 1. The van der Waals surface area contributed by atoms with Gasteiger partial charge in [-0.3, -0.25) is 0 Å². The van der Waals surface area contributed by atoms with Crippen molar-refractivity contribution in [3.05, 3.63) is 28.8 Å². The third-order valence-corrected chi connectivity index (χ3v) is 1.96. The molecule has 0 heterocycles. The van der Waals surface area contributed by atoms with Crippen molar-refractivity contribution in [2.24, 2.45) is 5.73 Å². The molecule has 66 valence electrons. The van der Waals surface area contributed by atoms with Gasteiger partial charge in [0, 0.05) is 11.6 Å². The molecule has 0 aliphatic heterocycles. The van der Waals surface area contributed by atoms with Gasteiger partial charge in [0.2, 0.25) is 0 Å². The van der Waals surface area contributed by atoms with Crippen molar-refractivity contribution in [1.29, 1.82) is 0 Å². The molecule has 12 heavy (non-hydrogen) atoms. The lowest BCUT2D eigenvalue weighted by atomic mass is 10.0. The summed E-state index contributed by atoms with van der Waals surface area (Å²) in [6.45, 7) is 5.75. The predicted molar refractivity (Wildman–Crippen MR) is 50.2 cm³/mol. The lowest BCUT2D eigenvalue weighted by Crippen LogP contribution is -2.06. The zero-order valence-corrected chi connectivity index (χ0v) is 7.76. The Bertz CT molecular complexity index is 292. The van der Waals surface area contributed by atoms with Crippen LogP contribution >= 0.6 is 0 Å². The fraction of sp³-hybridized carbons (Fsp3) is 0.400. The SMILES string of the molecule is Cc1cc(C)c(O)c([C@@H](C)N)c1. The molecule has 0 radical (unpaired) electrons. The summed E-state index contributed by atoms with van der Waals surface area (Å²) in [6.07, 6.45) is 0. The van der Waals surface area contributed by atoms with Crippen LogP contribution in [0.25, 0.3) is 0 Å². The van der Waals surface area contributed by atoms with Gasteiger partial charge in [0.25, 0.3) is 0 Å². The van der Waals surface area contributed by atoms with Crippen molar-refractivity contribution in [3.63, 3.8) is 0 Å². The summed E-state index contributed by atoms with van der Waals surface area (Å²) >= 11 is 0. The molecule has 0 saturated carbocycles. The Hall–Kier alpha value is -1.02. The maximum absolute atomic E-state index is 9.61. The molecule has 0 aromatic heterocycles. The molecule has 1 rings (SSSR count). The van der Waals surface area contributed by atoms with Crippen molar-refractivity contribution in [2.75, 3.05) is 0 Å². The van der Waals surface area contributed by atoms with Gasteiger partial charge in [-0.1, -0.05) is 17.7 Å². The summed E-state index contributed by atoms with van der Waals surface area (Å²) < 4.78 is 0. The second kappa shape index (κ2) is 3.15. The van der Waals surface area contributed by atoms with E-state index >= 15 is 0 Å². The molecular weight excluding hydrogens is 150 g/mol. The first-order valence-electron chi connectivity index (χ1n) is 4.08. The van der Waals surface area contributed by atoms with E-state index in [1.54, 1.807) is 0 Å². The zero-order valence-electron chi connectivity index (χ0n) is 7.76. The second-order valence-electron chi connectivity index (χ2n) is 3.31. The van der Waals surface area contributed by atoms with Gasteiger partial charge in [-0.25, -0.2) is 0 Å². The quantitative estimate of drug-likeness (QED) is 0.668. The van der Waals surface area contributed by atoms with Crippen molar-refractivity contribution < 1.29 is 5.11 Å². The van der Waals surface area contributed by atoms with Crippen LogP contribution in [0.15, 0.2) is 12.1 Å². The molecule has 0 amide bonds. The Morgan fingerprint density at radius 2 is 1.92 bits per heavy atom. The van der Waals surface area contributed by atoms with E-state index in [-0.39, 0.29) is 6.04 Å².